The summed E-state index contributed by atoms with van der Waals surface area (Å²) in [5.41, 5.74) is 1.66. The minimum atomic E-state index is -3.41. The number of hydrogen-bond donors (Lipinski definition) is 0. The Hall–Kier alpha value is -2.18. The van der Waals surface area contributed by atoms with E-state index >= 15 is 0 Å². The number of hydrogen-bond acceptors (Lipinski definition) is 4. The van der Waals surface area contributed by atoms with E-state index in [2.05, 4.69) is 11.9 Å². The van der Waals surface area contributed by atoms with Gasteiger partial charge in [-0.1, -0.05) is 6.92 Å². The Morgan fingerprint density at radius 3 is 2.23 bits per heavy atom. The van der Waals surface area contributed by atoms with E-state index in [9.17, 15) is 8.42 Å². The Kier molecular flexibility index (Phi) is 5.74. The van der Waals surface area contributed by atoms with E-state index in [-0.39, 0.29) is 0 Å². The Balaban J connectivity index is 1.70. The number of rotatable bonds is 5. The Labute approximate surface area is 155 Å². The van der Waals surface area contributed by atoms with Crippen LogP contribution in [0.3, 0.4) is 0 Å². The first-order valence-corrected chi connectivity index (χ1v) is 10.2. The number of sulfonamides is 1. The maximum atomic E-state index is 12.7. The zero-order valence-corrected chi connectivity index (χ0v) is 15.9. The Morgan fingerprint density at radius 2 is 1.65 bits per heavy atom. The molecule has 1 aliphatic heterocycles. The molecule has 0 saturated carbocycles. The van der Waals surface area contributed by atoms with Crippen LogP contribution >= 0.6 is 0 Å². The number of ether oxygens (including phenoxy) is 1. The van der Waals surface area contributed by atoms with Crippen LogP contribution in [-0.2, 0) is 10.0 Å². The third-order valence-corrected chi connectivity index (χ3v) is 6.61. The van der Waals surface area contributed by atoms with Crippen LogP contribution in [0.5, 0.6) is 5.75 Å². The van der Waals surface area contributed by atoms with Gasteiger partial charge in [-0.15, -0.1) is 0 Å². The van der Waals surface area contributed by atoms with Gasteiger partial charge in [0.2, 0.25) is 10.0 Å². The summed E-state index contributed by atoms with van der Waals surface area (Å²) in [6, 6.07) is 14.3. The third-order valence-electron chi connectivity index (χ3n) is 4.70. The molecule has 0 N–H and O–H groups in total. The standard InChI is InChI=1S/C20H24N2O3S/c1-16-11-13-22(14-12-16)26(23,24)20-9-5-18(6-10-20)21-15-17-3-7-19(25-2)8-4-17/h3-10,15-16H,11-14H2,1-2H3. The first-order valence-electron chi connectivity index (χ1n) is 8.77. The zero-order chi connectivity index (χ0) is 18.6. The highest BCUT2D eigenvalue weighted by Gasteiger charge is 2.27. The van der Waals surface area contributed by atoms with Crippen LogP contribution in [-0.4, -0.2) is 39.1 Å². The second-order valence-corrected chi connectivity index (χ2v) is 8.55. The van der Waals surface area contributed by atoms with Gasteiger partial charge in [0.1, 0.15) is 5.75 Å². The molecule has 0 radical (unpaired) electrons. The van der Waals surface area contributed by atoms with Gasteiger partial charge in [-0.25, -0.2) is 8.42 Å². The predicted octanol–water partition coefficient (Wildman–Crippen LogP) is 3.87. The second-order valence-electron chi connectivity index (χ2n) is 6.61. The molecule has 5 nitrogen and oxygen atoms in total. The van der Waals surface area contributed by atoms with Crippen molar-refractivity contribution < 1.29 is 13.2 Å². The van der Waals surface area contributed by atoms with Crippen molar-refractivity contribution in [3.8, 4) is 5.75 Å². The van der Waals surface area contributed by atoms with E-state index in [1.54, 1.807) is 41.9 Å². The van der Waals surface area contributed by atoms with Gasteiger partial charge < -0.3 is 4.74 Å². The molecule has 0 aromatic heterocycles. The fourth-order valence-electron chi connectivity index (χ4n) is 2.92. The van der Waals surface area contributed by atoms with Gasteiger partial charge in [0, 0.05) is 19.3 Å². The molecule has 1 heterocycles. The van der Waals surface area contributed by atoms with E-state index in [0.29, 0.717) is 29.6 Å². The van der Waals surface area contributed by atoms with Crippen LogP contribution in [0, 0.1) is 5.92 Å². The van der Waals surface area contributed by atoms with Crippen molar-refractivity contribution in [2.24, 2.45) is 10.9 Å². The average Bonchev–Trinajstić information content (AvgIpc) is 2.67. The van der Waals surface area contributed by atoms with Gasteiger partial charge in [0.05, 0.1) is 17.7 Å². The van der Waals surface area contributed by atoms with Crippen molar-refractivity contribution in [2.45, 2.75) is 24.7 Å². The maximum Gasteiger partial charge on any atom is 0.243 e. The summed E-state index contributed by atoms with van der Waals surface area (Å²) in [6.07, 6.45) is 3.59. The second kappa shape index (κ2) is 8.01. The van der Waals surface area contributed by atoms with E-state index in [1.807, 2.05) is 24.3 Å². The molecule has 138 valence electrons. The molecule has 1 aliphatic rings. The number of aliphatic imine (C=N–C) groups is 1. The largest absolute Gasteiger partial charge is 0.497 e. The van der Waals surface area contributed by atoms with E-state index in [4.69, 9.17) is 4.74 Å². The molecule has 26 heavy (non-hydrogen) atoms. The van der Waals surface area contributed by atoms with Gasteiger partial charge in [-0.2, -0.15) is 4.31 Å². The van der Waals surface area contributed by atoms with Gasteiger partial charge in [0.15, 0.2) is 0 Å². The van der Waals surface area contributed by atoms with Gasteiger partial charge >= 0.3 is 0 Å². The molecule has 0 atom stereocenters. The highest BCUT2D eigenvalue weighted by Crippen LogP contribution is 2.25. The minimum Gasteiger partial charge on any atom is -0.497 e. The molecular formula is C20H24N2O3S. The van der Waals surface area contributed by atoms with Gasteiger partial charge in [0.25, 0.3) is 0 Å². The number of nitrogens with zero attached hydrogens (tertiary/aromatic N) is 2. The lowest BCUT2D eigenvalue weighted by Gasteiger charge is -2.29. The fraction of sp³-hybridized carbons (Fsp3) is 0.350. The van der Waals surface area contributed by atoms with Gasteiger partial charge in [-0.3, -0.25) is 4.99 Å². The van der Waals surface area contributed by atoms with Gasteiger partial charge in [-0.05, 0) is 72.9 Å². The van der Waals surface area contributed by atoms with Crippen molar-refractivity contribution >= 4 is 21.9 Å². The smallest absolute Gasteiger partial charge is 0.243 e. The lowest BCUT2D eigenvalue weighted by molar-refractivity contribution is 0.288. The number of piperidine rings is 1. The summed E-state index contributed by atoms with van der Waals surface area (Å²) < 4.78 is 32.2. The molecule has 1 saturated heterocycles. The number of methoxy groups -OCH3 is 1. The molecule has 2 aromatic carbocycles. The van der Waals surface area contributed by atoms with E-state index in [0.717, 1.165) is 24.2 Å². The van der Waals surface area contributed by atoms with Crippen molar-refractivity contribution in [3.05, 3.63) is 54.1 Å². The normalized spacial score (nSPS) is 16.8. The average molecular weight is 372 g/mol. The summed E-state index contributed by atoms with van der Waals surface area (Å²) in [4.78, 5) is 4.73. The molecular weight excluding hydrogens is 348 g/mol. The van der Waals surface area contributed by atoms with Crippen LogP contribution in [0.2, 0.25) is 0 Å². The lowest BCUT2D eigenvalue weighted by Crippen LogP contribution is -2.37. The topological polar surface area (TPSA) is 59.0 Å². The van der Waals surface area contributed by atoms with Crippen molar-refractivity contribution in [1.29, 1.82) is 0 Å². The SMILES string of the molecule is COc1ccc(C=Nc2ccc(S(=O)(=O)N3CCC(C)CC3)cc2)cc1. The summed E-state index contributed by atoms with van der Waals surface area (Å²) in [5.74, 6) is 1.39. The van der Waals surface area contributed by atoms with Crippen LogP contribution in [0.1, 0.15) is 25.3 Å². The molecule has 1 fully saturated rings. The third kappa shape index (κ3) is 4.31. The quantitative estimate of drug-likeness (QED) is 0.749. The van der Waals surface area contributed by atoms with Crippen molar-refractivity contribution in [2.75, 3.05) is 20.2 Å². The predicted molar refractivity (Wildman–Crippen MR) is 104 cm³/mol. The molecule has 0 amide bonds. The maximum absolute atomic E-state index is 12.7. The molecule has 0 spiro atoms. The fourth-order valence-corrected chi connectivity index (χ4v) is 4.39. The van der Waals surface area contributed by atoms with Crippen LogP contribution in [0.25, 0.3) is 0 Å². The first-order chi connectivity index (χ1) is 12.5. The highest BCUT2D eigenvalue weighted by molar-refractivity contribution is 7.89. The molecule has 3 rings (SSSR count). The monoisotopic (exact) mass is 372 g/mol. The summed E-state index contributed by atoms with van der Waals surface area (Å²) in [7, 11) is -1.78. The zero-order valence-electron chi connectivity index (χ0n) is 15.1. The Morgan fingerprint density at radius 1 is 1.04 bits per heavy atom. The lowest BCUT2D eigenvalue weighted by atomic mass is 10.0. The minimum absolute atomic E-state index is 0.329. The molecule has 0 aliphatic carbocycles. The molecule has 6 heteroatoms. The summed E-state index contributed by atoms with van der Waals surface area (Å²) >= 11 is 0. The van der Waals surface area contributed by atoms with E-state index < -0.39 is 10.0 Å². The van der Waals surface area contributed by atoms with Crippen LogP contribution < -0.4 is 4.74 Å². The van der Waals surface area contributed by atoms with Crippen LogP contribution in [0.15, 0.2) is 58.4 Å². The number of benzene rings is 2. The summed E-state index contributed by atoms with van der Waals surface area (Å²) in [6.45, 7) is 3.36. The van der Waals surface area contributed by atoms with Crippen LogP contribution in [0.4, 0.5) is 5.69 Å². The first kappa shape index (κ1) is 18.6. The van der Waals surface area contributed by atoms with Crippen molar-refractivity contribution in [3.63, 3.8) is 0 Å². The summed E-state index contributed by atoms with van der Waals surface area (Å²) in [5, 5.41) is 0. The molecule has 0 bridgehead atoms. The van der Waals surface area contributed by atoms with E-state index in [1.165, 1.54) is 0 Å². The van der Waals surface area contributed by atoms with Crippen molar-refractivity contribution in [1.82, 2.24) is 4.31 Å². The molecule has 0 unspecified atom stereocenters. The molecule has 2 aromatic rings. The Bertz CT molecular complexity index is 851. The highest BCUT2D eigenvalue weighted by atomic mass is 32.2.